The van der Waals surface area contributed by atoms with Crippen molar-refractivity contribution in [2.24, 2.45) is 0 Å². The number of para-hydroxylation sites is 2. The van der Waals surface area contributed by atoms with Crippen molar-refractivity contribution in [3.63, 3.8) is 0 Å². The number of hydrogen-bond donors (Lipinski definition) is 1. The van der Waals surface area contributed by atoms with E-state index >= 15 is 0 Å². The molecule has 4 heteroatoms. The van der Waals surface area contributed by atoms with Crippen molar-refractivity contribution >= 4 is 5.97 Å². The summed E-state index contributed by atoms with van der Waals surface area (Å²) in [5, 5.41) is 9.30. The molecule has 1 aliphatic heterocycles. The van der Waals surface area contributed by atoms with Crippen molar-refractivity contribution in [2.45, 2.75) is 24.5 Å². The average molecular weight is 282 g/mol. The Balaban J connectivity index is 1.94. The molecule has 2 aliphatic rings. The Kier molecular flexibility index (Phi) is 2.48. The highest BCUT2D eigenvalue weighted by molar-refractivity contribution is 5.72. The van der Waals surface area contributed by atoms with Crippen molar-refractivity contribution in [1.29, 1.82) is 0 Å². The van der Waals surface area contributed by atoms with Crippen LogP contribution >= 0.6 is 0 Å². The molecule has 2 aromatic rings. The van der Waals surface area contributed by atoms with Crippen LogP contribution in [0.2, 0.25) is 0 Å². The second-order valence-corrected chi connectivity index (χ2v) is 5.48. The van der Waals surface area contributed by atoms with Gasteiger partial charge in [0, 0.05) is 16.5 Å². The predicted molar refractivity (Wildman–Crippen MR) is 75.6 cm³/mol. The molecule has 1 N–H and O–H groups in total. The zero-order valence-electron chi connectivity index (χ0n) is 11.3. The molecule has 4 rings (SSSR count). The van der Waals surface area contributed by atoms with Crippen LogP contribution in [-0.2, 0) is 10.2 Å². The molecule has 0 radical (unpaired) electrons. The highest BCUT2D eigenvalue weighted by atomic mass is 16.7. The van der Waals surface area contributed by atoms with E-state index in [0.29, 0.717) is 11.5 Å². The molecular weight excluding hydrogens is 268 g/mol. The molecule has 0 bridgehead atoms. The van der Waals surface area contributed by atoms with Gasteiger partial charge in [0.2, 0.25) is 0 Å². The van der Waals surface area contributed by atoms with E-state index in [1.54, 1.807) is 0 Å². The molecule has 1 spiro atoms. The van der Waals surface area contributed by atoms with Crippen LogP contribution in [0.4, 0.5) is 0 Å². The Morgan fingerprint density at radius 1 is 0.952 bits per heavy atom. The molecule has 1 saturated carbocycles. The highest BCUT2D eigenvalue weighted by Gasteiger charge is 2.50. The third kappa shape index (κ3) is 1.79. The molecule has 0 saturated heterocycles. The fraction of sp³-hybridized carbons (Fsp3) is 0.235. The number of hydrogen-bond acceptors (Lipinski definition) is 3. The standard InChI is InChI=1S/C17H14O4/c18-15(19)16-20-13-7-3-1-5-11(13)17(9-10-17)12-6-2-4-8-14(12)21-16/h1-8,16H,9-10H2,(H,18,19). The quantitative estimate of drug-likeness (QED) is 0.873. The summed E-state index contributed by atoms with van der Waals surface area (Å²) in [6, 6.07) is 15.3. The SMILES string of the molecule is O=C(O)C1Oc2ccccc2C2(CC2)c2ccccc2O1. The van der Waals surface area contributed by atoms with Crippen molar-refractivity contribution in [3.8, 4) is 11.5 Å². The zero-order chi connectivity index (χ0) is 14.4. The van der Waals surface area contributed by atoms with Gasteiger partial charge in [0.05, 0.1) is 0 Å². The first kappa shape index (κ1) is 12.3. The third-order valence-corrected chi connectivity index (χ3v) is 4.22. The van der Waals surface area contributed by atoms with E-state index in [9.17, 15) is 9.90 Å². The number of carbonyl (C=O) groups is 1. The molecule has 1 heterocycles. The molecule has 2 aromatic carbocycles. The Hall–Kier alpha value is -2.49. The lowest BCUT2D eigenvalue weighted by Gasteiger charge is -2.28. The molecule has 1 aliphatic carbocycles. The van der Waals surface area contributed by atoms with Crippen LogP contribution in [0.25, 0.3) is 0 Å². The number of aliphatic carboxylic acids is 1. The maximum atomic E-state index is 11.4. The van der Waals surface area contributed by atoms with Gasteiger partial charge in [-0.2, -0.15) is 0 Å². The van der Waals surface area contributed by atoms with Gasteiger partial charge in [-0.15, -0.1) is 0 Å². The topological polar surface area (TPSA) is 55.8 Å². The van der Waals surface area contributed by atoms with Crippen LogP contribution in [0.15, 0.2) is 48.5 Å². The van der Waals surface area contributed by atoms with E-state index in [1.807, 2.05) is 48.5 Å². The average Bonchev–Trinajstić information content (AvgIpc) is 3.27. The summed E-state index contributed by atoms with van der Waals surface area (Å²) in [7, 11) is 0. The smallest absolute Gasteiger partial charge is 0.387 e. The van der Waals surface area contributed by atoms with Gasteiger partial charge in [-0.1, -0.05) is 36.4 Å². The lowest BCUT2D eigenvalue weighted by atomic mass is 9.86. The number of carboxylic acids is 1. The summed E-state index contributed by atoms with van der Waals surface area (Å²) in [5.41, 5.74) is 2.00. The van der Waals surface area contributed by atoms with Gasteiger partial charge in [0.1, 0.15) is 11.5 Å². The lowest BCUT2D eigenvalue weighted by molar-refractivity contribution is -0.158. The summed E-state index contributed by atoms with van der Waals surface area (Å²) in [5.74, 6) is 0.0557. The summed E-state index contributed by atoms with van der Waals surface area (Å²) < 4.78 is 11.2. The van der Waals surface area contributed by atoms with Gasteiger partial charge < -0.3 is 14.6 Å². The van der Waals surface area contributed by atoms with Crippen molar-refractivity contribution in [3.05, 3.63) is 59.7 Å². The van der Waals surface area contributed by atoms with E-state index in [0.717, 1.165) is 24.0 Å². The van der Waals surface area contributed by atoms with E-state index in [2.05, 4.69) is 0 Å². The van der Waals surface area contributed by atoms with Gasteiger partial charge in [-0.25, -0.2) is 4.79 Å². The molecule has 0 atom stereocenters. The Bertz CT molecular complexity index is 667. The van der Waals surface area contributed by atoms with Crippen LogP contribution in [0, 0.1) is 0 Å². The predicted octanol–water partition coefficient (Wildman–Crippen LogP) is 2.95. The number of carboxylic acid groups (broad SMARTS) is 1. The van der Waals surface area contributed by atoms with Gasteiger partial charge in [-0.3, -0.25) is 0 Å². The molecule has 0 unspecified atom stereocenters. The van der Waals surface area contributed by atoms with Gasteiger partial charge in [-0.05, 0) is 25.0 Å². The van der Waals surface area contributed by atoms with Crippen LogP contribution in [0.3, 0.4) is 0 Å². The number of ether oxygens (including phenoxy) is 2. The maximum Gasteiger partial charge on any atom is 0.387 e. The first-order valence-corrected chi connectivity index (χ1v) is 6.96. The molecule has 0 amide bonds. The van der Waals surface area contributed by atoms with Crippen molar-refractivity contribution < 1.29 is 19.4 Å². The first-order valence-electron chi connectivity index (χ1n) is 6.96. The van der Waals surface area contributed by atoms with E-state index in [1.165, 1.54) is 0 Å². The minimum Gasteiger partial charge on any atom is -0.476 e. The minimum absolute atomic E-state index is 0.101. The highest BCUT2D eigenvalue weighted by Crippen LogP contribution is 2.58. The zero-order valence-corrected chi connectivity index (χ0v) is 11.3. The lowest BCUT2D eigenvalue weighted by Crippen LogP contribution is -2.35. The number of fused-ring (bicyclic) bond motifs is 4. The summed E-state index contributed by atoms with van der Waals surface area (Å²) in [6.45, 7) is 0. The summed E-state index contributed by atoms with van der Waals surface area (Å²) in [4.78, 5) is 11.4. The second kappa shape index (κ2) is 4.25. The minimum atomic E-state index is -1.33. The normalized spacial score (nSPS) is 18.5. The van der Waals surface area contributed by atoms with Gasteiger partial charge in [0.25, 0.3) is 0 Å². The Morgan fingerprint density at radius 2 is 1.43 bits per heavy atom. The van der Waals surface area contributed by atoms with Gasteiger partial charge in [0.15, 0.2) is 0 Å². The summed E-state index contributed by atoms with van der Waals surface area (Å²) >= 11 is 0. The van der Waals surface area contributed by atoms with Crippen LogP contribution in [0.1, 0.15) is 24.0 Å². The largest absolute Gasteiger partial charge is 0.476 e. The Labute approximate surface area is 121 Å². The fourth-order valence-corrected chi connectivity index (χ4v) is 3.09. The van der Waals surface area contributed by atoms with Crippen LogP contribution in [-0.4, -0.2) is 17.4 Å². The molecule has 4 nitrogen and oxygen atoms in total. The van der Waals surface area contributed by atoms with Crippen molar-refractivity contribution in [2.75, 3.05) is 0 Å². The number of benzene rings is 2. The summed E-state index contributed by atoms with van der Waals surface area (Å²) in [6.07, 6.45) is 0.708. The van der Waals surface area contributed by atoms with E-state index < -0.39 is 12.3 Å². The van der Waals surface area contributed by atoms with Crippen molar-refractivity contribution in [1.82, 2.24) is 0 Å². The van der Waals surface area contributed by atoms with E-state index in [4.69, 9.17) is 9.47 Å². The third-order valence-electron chi connectivity index (χ3n) is 4.22. The van der Waals surface area contributed by atoms with Crippen LogP contribution < -0.4 is 9.47 Å². The van der Waals surface area contributed by atoms with Crippen LogP contribution in [0.5, 0.6) is 11.5 Å². The molecule has 106 valence electrons. The molecule has 21 heavy (non-hydrogen) atoms. The Morgan fingerprint density at radius 3 is 1.86 bits per heavy atom. The molecule has 0 aromatic heterocycles. The second-order valence-electron chi connectivity index (χ2n) is 5.48. The maximum absolute atomic E-state index is 11.4. The first-order chi connectivity index (χ1) is 10.2. The fourth-order valence-electron chi connectivity index (χ4n) is 3.09. The monoisotopic (exact) mass is 282 g/mol. The molecular formula is C17H14O4. The molecule has 1 fully saturated rings. The van der Waals surface area contributed by atoms with Gasteiger partial charge >= 0.3 is 12.3 Å². The van der Waals surface area contributed by atoms with E-state index in [-0.39, 0.29) is 5.41 Å². The number of rotatable bonds is 1.